The van der Waals surface area contributed by atoms with E-state index in [-0.39, 0.29) is 31.6 Å². The largest absolute Gasteiger partial charge is 0.481 e. The molecule has 0 saturated carbocycles. The van der Waals surface area contributed by atoms with Gasteiger partial charge in [-0.3, -0.25) is 24.0 Å². The van der Waals surface area contributed by atoms with Crippen LogP contribution in [-0.2, 0) is 35.2 Å². The number of nitrogens with one attached hydrogen (secondary N) is 3. The number of carboxylic acids is 2. The molecule has 9 N–H and O–H groups in total. The zero-order valence-corrected chi connectivity index (χ0v) is 20.8. The number of nitrogens with two attached hydrogens (primary N) is 2. The van der Waals surface area contributed by atoms with E-state index in [2.05, 4.69) is 16.0 Å². The zero-order valence-electron chi connectivity index (χ0n) is 20.8. The van der Waals surface area contributed by atoms with Gasteiger partial charge in [0.2, 0.25) is 23.6 Å². The molecule has 0 radical (unpaired) electrons. The fourth-order valence-electron chi connectivity index (χ4n) is 3.41. The quantitative estimate of drug-likeness (QED) is 0.139. The van der Waals surface area contributed by atoms with Crippen LogP contribution in [0.1, 0.15) is 45.1 Å². The van der Waals surface area contributed by atoms with Crippen molar-refractivity contribution in [2.75, 3.05) is 0 Å². The topological polar surface area (TPSA) is 231 Å². The molecule has 0 aliphatic heterocycles. The number of carbonyl (C=O) groups excluding carboxylic acids is 4. The monoisotopic (exact) mass is 521 g/mol. The fourth-order valence-corrected chi connectivity index (χ4v) is 3.41. The molecule has 1 rings (SSSR count). The lowest BCUT2D eigenvalue weighted by Crippen LogP contribution is -2.58. The minimum atomic E-state index is -1.42. The van der Waals surface area contributed by atoms with Crippen molar-refractivity contribution < 1.29 is 39.0 Å². The molecule has 0 saturated heterocycles. The van der Waals surface area contributed by atoms with Crippen molar-refractivity contribution in [2.24, 2.45) is 17.4 Å². The molecule has 4 amide bonds. The molecule has 1 aromatic carbocycles. The van der Waals surface area contributed by atoms with Gasteiger partial charge in [0.15, 0.2) is 0 Å². The second-order valence-electron chi connectivity index (χ2n) is 9.05. The van der Waals surface area contributed by atoms with Gasteiger partial charge in [-0.2, -0.15) is 0 Å². The summed E-state index contributed by atoms with van der Waals surface area (Å²) in [5.74, 6) is -5.85. The first-order valence-electron chi connectivity index (χ1n) is 11.7. The summed E-state index contributed by atoms with van der Waals surface area (Å²) in [4.78, 5) is 72.1. The highest BCUT2D eigenvalue weighted by Crippen LogP contribution is 2.09. The number of rotatable bonds is 16. The van der Waals surface area contributed by atoms with Gasteiger partial charge in [-0.15, -0.1) is 0 Å². The van der Waals surface area contributed by atoms with E-state index in [0.29, 0.717) is 5.56 Å². The van der Waals surface area contributed by atoms with Crippen LogP contribution in [0.15, 0.2) is 30.3 Å². The van der Waals surface area contributed by atoms with Crippen LogP contribution in [-0.4, -0.2) is 69.9 Å². The summed E-state index contributed by atoms with van der Waals surface area (Å²) in [5, 5.41) is 25.6. The van der Waals surface area contributed by atoms with E-state index in [0.717, 1.165) is 0 Å². The van der Waals surface area contributed by atoms with Gasteiger partial charge in [0.1, 0.15) is 18.1 Å². The Bertz CT molecular complexity index is 969. The Morgan fingerprint density at radius 2 is 1.38 bits per heavy atom. The SMILES string of the molecule is CC(C)CC(NC(=O)C(N)CC(=O)O)C(=O)NC(Cc1ccccc1)C(=O)NC(CCC(N)=O)C(=O)O. The normalized spacial score (nSPS) is 14.1. The number of carboxylic acid groups (broad SMARTS) is 2. The summed E-state index contributed by atoms with van der Waals surface area (Å²) in [6, 6.07) is 3.47. The first-order valence-corrected chi connectivity index (χ1v) is 11.7. The maximum atomic E-state index is 13.2. The summed E-state index contributed by atoms with van der Waals surface area (Å²) in [6.07, 6.45) is -0.987. The molecule has 37 heavy (non-hydrogen) atoms. The third-order valence-corrected chi connectivity index (χ3v) is 5.28. The highest BCUT2D eigenvalue weighted by molar-refractivity contribution is 5.95. The molecular formula is C24H35N5O8. The van der Waals surface area contributed by atoms with Crippen molar-refractivity contribution in [1.82, 2.24) is 16.0 Å². The van der Waals surface area contributed by atoms with Gasteiger partial charge in [-0.1, -0.05) is 44.2 Å². The van der Waals surface area contributed by atoms with Gasteiger partial charge in [0, 0.05) is 12.8 Å². The standard InChI is InChI=1S/C24H35N5O8/c1-13(2)10-17(28-21(33)15(25)12-20(31)32)22(34)29-18(11-14-6-4-3-5-7-14)23(35)27-16(24(36)37)8-9-19(26)30/h3-7,13,15-18H,8-12,25H2,1-2H3,(H2,26,30)(H,27,35)(H,28,33)(H,29,34)(H,31,32)(H,36,37). The molecule has 0 bridgehead atoms. The third kappa shape index (κ3) is 12.0. The van der Waals surface area contributed by atoms with Crippen LogP contribution in [0.4, 0.5) is 0 Å². The van der Waals surface area contributed by atoms with E-state index in [1.165, 1.54) is 0 Å². The number of hydrogen-bond donors (Lipinski definition) is 7. The Morgan fingerprint density at radius 3 is 1.89 bits per heavy atom. The van der Waals surface area contributed by atoms with Crippen LogP contribution in [0.2, 0.25) is 0 Å². The Balaban J connectivity index is 3.12. The van der Waals surface area contributed by atoms with E-state index < -0.39 is 66.2 Å². The van der Waals surface area contributed by atoms with Gasteiger partial charge in [-0.25, -0.2) is 4.79 Å². The third-order valence-electron chi connectivity index (χ3n) is 5.28. The van der Waals surface area contributed by atoms with Crippen molar-refractivity contribution >= 4 is 35.6 Å². The Labute approximate surface area is 214 Å². The van der Waals surface area contributed by atoms with Crippen molar-refractivity contribution in [2.45, 2.75) is 70.1 Å². The summed E-state index contributed by atoms with van der Waals surface area (Å²) >= 11 is 0. The van der Waals surface area contributed by atoms with Crippen molar-refractivity contribution in [3.63, 3.8) is 0 Å². The van der Waals surface area contributed by atoms with Crippen LogP contribution in [0.3, 0.4) is 0 Å². The Kier molecular flexibility index (Phi) is 12.7. The number of amides is 4. The van der Waals surface area contributed by atoms with E-state index >= 15 is 0 Å². The van der Waals surface area contributed by atoms with Gasteiger partial charge >= 0.3 is 11.9 Å². The van der Waals surface area contributed by atoms with Gasteiger partial charge in [0.25, 0.3) is 0 Å². The van der Waals surface area contributed by atoms with Crippen molar-refractivity contribution in [1.29, 1.82) is 0 Å². The van der Waals surface area contributed by atoms with Crippen LogP contribution >= 0.6 is 0 Å². The summed E-state index contributed by atoms with van der Waals surface area (Å²) in [6.45, 7) is 3.60. The molecule has 0 aliphatic rings. The highest BCUT2D eigenvalue weighted by atomic mass is 16.4. The van der Waals surface area contributed by atoms with E-state index in [1.54, 1.807) is 44.2 Å². The molecule has 0 spiro atoms. The van der Waals surface area contributed by atoms with Gasteiger partial charge in [-0.05, 0) is 24.3 Å². The minimum absolute atomic E-state index is 0.00143. The number of primary amides is 1. The first-order chi connectivity index (χ1) is 17.3. The number of carbonyl (C=O) groups is 6. The number of benzene rings is 1. The molecule has 0 aromatic heterocycles. The Hall–Kier alpha value is -4.00. The molecule has 4 atom stereocenters. The molecular weight excluding hydrogens is 486 g/mol. The number of aliphatic carboxylic acids is 2. The van der Waals surface area contributed by atoms with Crippen molar-refractivity contribution in [3.05, 3.63) is 35.9 Å². The predicted octanol–water partition coefficient (Wildman–Crippen LogP) is -1.12. The lowest BCUT2D eigenvalue weighted by atomic mass is 10.00. The average molecular weight is 522 g/mol. The molecule has 0 aliphatic carbocycles. The first kappa shape index (κ1) is 31.0. The smallest absolute Gasteiger partial charge is 0.326 e. The maximum absolute atomic E-state index is 13.2. The molecule has 204 valence electrons. The molecule has 0 heterocycles. The fraction of sp³-hybridized carbons (Fsp3) is 0.500. The summed E-state index contributed by atoms with van der Waals surface area (Å²) < 4.78 is 0. The van der Waals surface area contributed by atoms with Gasteiger partial charge in [0.05, 0.1) is 12.5 Å². The molecule has 1 aromatic rings. The van der Waals surface area contributed by atoms with E-state index in [4.69, 9.17) is 16.6 Å². The average Bonchev–Trinajstić information content (AvgIpc) is 2.80. The molecule has 13 heteroatoms. The lowest BCUT2D eigenvalue weighted by Gasteiger charge is -2.26. The van der Waals surface area contributed by atoms with Crippen LogP contribution in [0.25, 0.3) is 0 Å². The molecule has 4 unspecified atom stereocenters. The second kappa shape index (κ2) is 15.2. The van der Waals surface area contributed by atoms with Gasteiger partial charge < -0.3 is 37.6 Å². The van der Waals surface area contributed by atoms with Crippen LogP contribution in [0, 0.1) is 5.92 Å². The Morgan fingerprint density at radius 1 is 0.838 bits per heavy atom. The number of hydrogen-bond acceptors (Lipinski definition) is 7. The summed E-state index contributed by atoms with van der Waals surface area (Å²) in [5.41, 5.74) is 11.4. The summed E-state index contributed by atoms with van der Waals surface area (Å²) in [7, 11) is 0. The van der Waals surface area contributed by atoms with E-state index in [9.17, 15) is 33.9 Å². The minimum Gasteiger partial charge on any atom is -0.481 e. The molecule has 0 fully saturated rings. The highest BCUT2D eigenvalue weighted by Gasteiger charge is 2.31. The van der Waals surface area contributed by atoms with Crippen LogP contribution in [0.5, 0.6) is 0 Å². The lowest BCUT2D eigenvalue weighted by molar-refractivity contribution is -0.142. The van der Waals surface area contributed by atoms with Crippen LogP contribution < -0.4 is 27.4 Å². The second-order valence-corrected chi connectivity index (χ2v) is 9.05. The predicted molar refractivity (Wildman–Crippen MR) is 132 cm³/mol. The molecule has 13 nitrogen and oxygen atoms in total. The maximum Gasteiger partial charge on any atom is 0.326 e. The zero-order chi connectivity index (χ0) is 28.1. The van der Waals surface area contributed by atoms with Crippen molar-refractivity contribution in [3.8, 4) is 0 Å². The van der Waals surface area contributed by atoms with E-state index in [1.807, 2.05) is 0 Å².